The molecule has 142 valence electrons. The Bertz CT molecular complexity index is 910. The highest BCUT2D eigenvalue weighted by atomic mass is 32.1. The minimum Gasteiger partial charge on any atom is -0.489 e. The van der Waals surface area contributed by atoms with E-state index in [9.17, 15) is 4.79 Å². The topological polar surface area (TPSA) is 56.2 Å². The van der Waals surface area contributed by atoms with Gasteiger partial charge in [0.05, 0.1) is 22.5 Å². The molecule has 1 amide bonds. The summed E-state index contributed by atoms with van der Waals surface area (Å²) in [5.74, 6) is 1.22. The summed E-state index contributed by atoms with van der Waals surface area (Å²) in [5, 5.41) is 9.14. The molecule has 2 heterocycles. The van der Waals surface area contributed by atoms with E-state index < -0.39 is 0 Å². The van der Waals surface area contributed by atoms with E-state index >= 15 is 0 Å². The van der Waals surface area contributed by atoms with Crippen molar-refractivity contribution in [2.75, 3.05) is 5.32 Å². The maximum atomic E-state index is 12.5. The highest BCUT2D eigenvalue weighted by molar-refractivity contribution is 7.12. The molecule has 3 aromatic rings. The Kier molecular flexibility index (Phi) is 5.96. The number of nitrogens with one attached hydrogen (secondary N) is 1. The lowest BCUT2D eigenvalue weighted by atomic mass is 10.0. The molecule has 0 saturated heterocycles. The zero-order chi connectivity index (χ0) is 19.4. The van der Waals surface area contributed by atoms with Gasteiger partial charge in [-0.05, 0) is 48.9 Å². The number of amides is 1. The Morgan fingerprint density at radius 1 is 1.30 bits per heavy atom. The Morgan fingerprint density at radius 3 is 2.67 bits per heavy atom. The molecule has 0 aliphatic heterocycles. The Labute approximate surface area is 164 Å². The second-order valence-electron chi connectivity index (χ2n) is 6.75. The lowest BCUT2D eigenvalue weighted by Crippen LogP contribution is -2.11. The van der Waals surface area contributed by atoms with E-state index in [-0.39, 0.29) is 5.91 Å². The highest BCUT2D eigenvalue weighted by Gasteiger charge is 2.13. The first-order valence-electron chi connectivity index (χ1n) is 9.11. The third-order valence-corrected chi connectivity index (χ3v) is 5.46. The number of thiophene rings is 1. The van der Waals surface area contributed by atoms with E-state index in [1.165, 1.54) is 16.9 Å². The summed E-state index contributed by atoms with van der Waals surface area (Å²) in [5.41, 5.74) is 3.98. The van der Waals surface area contributed by atoms with Gasteiger partial charge in [-0.25, -0.2) is 0 Å². The van der Waals surface area contributed by atoms with E-state index in [0.29, 0.717) is 17.4 Å². The summed E-state index contributed by atoms with van der Waals surface area (Å²) in [6.45, 7) is 9.53. The van der Waals surface area contributed by atoms with Crippen LogP contribution in [0.4, 0.5) is 5.69 Å². The van der Waals surface area contributed by atoms with Gasteiger partial charge in [-0.3, -0.25) is 9.48 Å². The van der Waals surface area contributed by atoms with Crippen LogP contribution in [0.3, 0.4) is 0 Å². The van der Waals surface area contributed by atoms with Crippen molar-refractivity contribution >= 4 is 22.9 Å². The molecule has 1 aromatic carbocycles. The number of anilines is 1. The minimum absolute atomic E-state index is 0.119. The van der Waals surface area contributed by atoms with E-state index in [0.717, 1.165) is 29.2 Å². The quantitative estimate of drug-likeness (QED) is 0.608. The first-order valence-corrected chi connectivity index (χ1v) is 9.99. The maximum Gasteiger partial charge on any atom is 0.265 e. The number of hydrogen-bond donors (Lipinski definition) is 1. The number of carbonyl (C=O) groups is 1. The molecule has 0 fully saturated rings. The predicted octanol–water partition coefficient (Wildman–Crippen LogP) is 5.23. The largest absolute Gasteiger partial charge is 0.489 e. The SMILES string of the molecule is CCn1ncc(NC(=O)c2cc(COc3ccc(C(C)C)cc3)cs2)c1C. The molecule has 0 bridgehead atoms. The van der Waals surface area contributed by atoms with Gasteiger partial charge in [0.2, 0.25) is 0 Å². The van der Waals surface area contributed by atoms with Crippen molar-refractivity contribution in [2.45, 2.75) is 46.8 Å². The lowest BCUT2D eigenvalue weighted by molar-refractivity contribution is 0.103. The summed E-state index contributed by atoms with van der Waals surface area (Å²) < 4.78 is 7.69. The molecule has 0 radical (unpaired) electrons. The van der Waals surface area contributed by atoms with Crippen molar-refractivity contribution in [3.05, 3.63) is 63.6 Å². The molecular formula is C21H25N3O2S. The number of aromatic nitrogens is 2. The van der Waals surface area contributed by atoms with E-state index in [1.54, 1.807) is 6.20 Å². The number of carbonyl (C=O) groups excluding carboxylic acids is 1. The fourth-order valence-electron chi connectivity index (χ4n) is 2.76. The van der Waals surface area contributed by atoms with Gasteiger partial charge in [0.25, 0.3) is 5.91 Å². The molecule has 1 N–H and O–H groups in total. The van der Waals surface area contributed by atoms with Gasteiger partial charge in [0.15, 0.2) is 0 Å². The van der Waals surface area contributed by atoms with Crippen LogP contribution in [0.1, 0.15) is 53.2 Å². The second-order valence-corrected chi connectivity index (χ2v) is 7.66. The van der Waals surface area contributed by atoms with E-state index in [4.69, 9.17) is 4.74 Å². The van der Waals surface area contributed by atoms with Crippen LogP contribution in [0.2, 0.25) is 0 Å². The van der Waals surface area contributed by atoms with Gasteiger partial charge in [-0.2, -0.15) is 5.10 Å². The van der Waals surface area contributed by atoms with Crippen molar-refractivity contribution in [3.63, 3.8) is 0 Å². The zero-order valence-electron chi connectivity index (χ0n) is 16.2. The van der Waals surface area contributed by atoms with Crippen molar-refractivity contribution in [2.24, 2.45) is 0 Å². The lowest BCUT2D eigenvalue weighted by Gasteiger charge is -2.08. The Balaban J connectivity index is 1.59. The van der Waals surface area contributed by atoms with E-state index in [2.05, 4.69) is 36.4 Å². The number of hydrogen-bond acceptors (Lipinski definition) is 4. The first-order chi connectivity index (χ1) is 13.0. The number of ether oxygens (including phenoxy) is 1. The third-order valence-electron chi connectivity index (χ3n) is 4.48. The molecule has 0 unspecified atom stereocenters. The van der Waals surface area contributed by atoms with Gasteiger partial charge in [0.1, 0.15) is 12.4 Å². The highest BCUT2D eigenvalue weighted by Crippen LogP contribution is 2.22. The van der Waals surface area contributed by atoms with Crippen molar-refractivity contribution in [3.8, 4) is 5.75 Å². The van der Waals surface area contributed by atoms with Crippen molar-refractivity contribution in [1.82, 2.24) is 9.78 Å². The van der Waals surface area contributed by atoms with Crippen LogP contribution in [0.5, 0.6) is 5.75 Å². The fourth-order valence-corrected chi connectivity index (χ4v) is 3.55. The maximum absolute atomic E-state index is 12.5. The van der Waals surface area contributed by atoms with Crippen LogP contribution in [0.25, 0.3) is 0 Å². The monoisotopic (exact) mass is 383 g/mol. The summed E-state index contributed by atoms with van der Waals surface area (Å²) in [7, 11) is 0. The van der Waals surface area contributed by atoms with Gasteiger partial charge >= 0.3 is 0 Å². The smallest absolute Gasteiger partial charge is 0.265 e. The average molecular weight is 384 g/mol. The van der Waals surface area contributed by atoms with E-state index in [1.807, 2.05) is 42.1 Å². The van der Waals surface area contributed by atoms with Crippen LogP contribution >= 0.6 is 11.3 Å². The number of nitrogens with zero attached hydrogens (tertiary/aromatic N) is 2. The molecule has 6 heteroatoms. The van der Waals surface area contributed by atoms with Crippen molar-refractivity contribution < 1.29 is 9.53 Å². The van der Waals surface area contributed by atoms with Crippen LogP contribution in [0.15, 0.2) is 41.9 Å². The molecule has 27 heavy (non-hydrogen) atoms. The molecule has 3 rings (SSSR count). The van der Waals surface area contributed by atoms with Gasteiger partial charge in [-0.15, -0.1) is 11.3 Å². The van der Waals surface area contributed by atoms with Crippen LogP contribution < -0.4 is 10.1 Å². The molecular weight excluding hydrogens is 358 g/mol. The van der Waals surface area contributed by atoms with Crippen LogP contribution in [-0.2, 0) is 13.2 Å². The number of aryl methyl sites for hydroxylation is 1. The summed E-state index contributed by atoms with van der Waals surface area (Å²) >= 11 is 1.42. The van der Waals surface area contributed by atoms with Crippen molar-refractivity contribution in [1.29, 1.82) is 0 Å². The normalized spacial score (nSPS) is 11.0. The Hall–Kier alpha value is -2.60. The summed E-state index contributed by atoms with van der Waals surface area (Å²) in [4.78, 5) is 13.1. The second kappa shape index (κ2) is 8.39. The standard InChI is InChI=1S/C21H25N3O2S/c1-5-24-15(4)19(11-22-24)23-21(25)20-10-16(13-27-20)12-26-18-8-6-17(7-9-18)14(2)3/h6-11,13-14H,5,12H2,1-4H3,(H,23,25). The first kappa shape index (κ1) is 19.2. The minimum atomic E-state index is -0.119. The molecule has 0 saturated carbocycles. The van der Waals surface area contributed by atoms with Crippen LogP contribution in [0, 0.1) is 6.92 Å². The molecule has 0 spiro atoms. The molecule has 0 atom stereocenters. The van der Waals surface area contributed by atoms with Gasteiger partial charge in [0, 0.05) is 12.1 Å². The molecule has 0 aliphatic rings. The predicted molar refractivity (Wildman–Crippen MR) is 110 cm³/mol. The fraction of sp³-hybridized carbons (Fsp3) is 0.333. The third kappa shape index (κ3) is 4.57. The molecule has 0 aliphatic carbocycles. The van der Waals surface area contributed by atoms with Gasteiger partial charge < -0.3 is 10.1 Å². The average Bonchev–Trinajstić information content (AvgIpc) is 3.27. The summed E-state index contributed by atoms with van der Waals surface area (Å²) in [6.07, 6.45) is 1.69. The summed E-state index contributed by atoms with van der Waals surface area (Å²) in [6, 6.07) is 10.0. The molecule has 2 aromatic heterocycles. The Morgan fingerprint density at radius 2 is 2.04 bits per heavy atom. The number of benzene rings is 1. The zero-order valence-corrected chi connectivity index (χ0v) is 17.0. The van der Waals surface area contributed by atoms with Crippen LogP contribution in [-0.4, -0.2) is 15.7 Å². The number of rotatable bonds is 7. The van der Waals surface area contributed by atoms with Gasteiger partial charge in [-0.1, -0.05) is 26.0 Å². The molecule has 5 nitrogen and oxygen atoms in total.